The molecule has 0 saturated carbocycles. The molecule has 0 fully saturated rings. The van der Waals surface area contributed by atoms with Gasteiger partial charge in [0.05, 0.1) is 37.1 Å². The minimum Gasteiger partial charge on any atom is -0.495 e. The van der Waals surface area contributed by atoms with Crippen LogP contribution in [-0.4, -0.2) is 35.2 Å². The summed E-state index contributed by atoms with van der Waals surface area (Å²) in [7, 11) is 1.54. The Hall–Kier alpha value is -3.61. The molecule has 0 radical (unpaired) electrons. The molecule has 0 spiro atoms. The van der Waals surface area contributed by atoms with E-state index < -0.39 is 0 Å². The molecule has 3 aromatic rings. The van der Waals surface area contributed by atoms with Crippen LogP contribution in [0.5, 0.6) is 5.75 Å². The predicted molar refractivity (Wildman–Crippen MR) is 116 cm³/mol. The van der Waals surface area contributed by atoms with Crippen LogP contribution < -0.4 is 15.4 Å². The lowest BCUT2D eigenvalue weighted by Gasteiger charge is -2.11. The van der Waals surface area contributed by atoms with Gasteiger partial charge in [0.25, 0.3) is 0 Å². The molecule has 0 aliphatic heterocycles. The molecule has 7 nitrogen and oxygen atoms in total. The van der Waals surface area contributed by atoms with E-state index in [1.54, 1.807) is 13.2 Å². The van der Waals surface area contributed by atoms with E-state index in [-0.39, 0.29) is 24.8 Å². The summed E-state index contributed by atoms with van der Waals surface area (Å²) < 4.78 is 7.09. The highest BCUT2D eigenvalue weighted by atomic mass is 16.5. The Morgan fingerprint density at radius 1 is 1.03 bits per heavy atom. The van der Waals surface area contributed by atoms with Crippen molar-refractivity contribution in [2.45, 2.75) is 27.2 Å². The maximum atomic E-state index is 12.4. The van der Waals surface area contributed by atoms with Crippen molar-refractivity contribution >= 4 is 17.5 Å². The van der Waals surface area contributed by atoms with Gasteiger partial charge in [0, 0.05) is 11.3 Å². The van der Waals surface area contributed by atoms with Crippen molar-refractivity contribution in [2.75, 3.05) is 19.0 Å². The number of carbonyl (C=O) groups excluding carboxylic acids is 2. The molecule has 2 aromatic carbocycles. The zero-order chi connectivity index (χ0) is 21.7. The molecule has 0 aliphatic rings. The van der Waals surface area contributed by atoms with Gasteiger partial charge in [-0.3, -0.25) is 9.59 Å². The van der Waals surface area contributed by atoms with E-state index in [0.29, 0.717) is 11.4 Å². The number of aryl methyl sites for hydroxylation is 2. The third-order valence-electron chi connectivity index (χ3n) is 4.85. The molecule has 3 rings (SSSR count). The minimum absolute atomic E-state index is 0.124. The number of nitrogens with zero attached hydrogens (tertiary/aromatic N) is 2. The van der Waals surface area contributed by atoms with Gasteiger partial charge in [-0.2, -0.15) is 5.10 Å². The van der Waals surface area contributed by atoms with Gasteiger partial charge in [-0.05, 0) is 50.6 Å². The van der Waals surface area contributed by atoms with Crippen molar-refractivity contribution in [2.24, 2.45) is 0 Å². The van der Waals surface area contributed by atoms with Crippen LogP contribution in [0, 0.1) is 20.8 Å². The zero-order valence-electron chi connectivity index (χ0n) is 17.7. The monoisotopic (exact) mass is 406 g/mol. The van der Waals surface area contributed by atoms with Crippen molar-refractivity contribution in [1.29, 1.82) is 0 Å². The SMILES string of the molecule is COc1ccc(C)cc1NC(=O)CNC(=O)Cc1c(C)nn(-c2ccccc2)c1C. The Labute approximate surface area is 176 Å². The van der Waals surface area contributed by atoms with Gasteiger partial charge in [0.1, 0.15) is 5.75 Å². The maximum Gasteiger partial charge on any atom is 0.243 e. The number of hydrogen-bond acceptors (Lipinski definition) is 4. The Morgan fingerprint density at radius 2 is 1.77 bits per heavy atom. The van der Waals surface area contributed by atoms with E-state index in [1.807, 2.05) is 67.9 Å². The first-order valence-electron chi connectivity index (χ1n) is 9.70. The normalized spacial score (nSPS) is 10.5. The molecule has 156 valence electrons. The maximum absolute atomic E-state index is 12.4. The second-order valence-electron chi connectivity index (χ2n) is 7.10. The molecular weight excluding hydrogens is 380 g/mol. The fourth-order valence-corrected chi connectivity index (χ4v) is 3.27. The Balaban J connectivity index is 1.61. The van der Waals surface area contributed by atoms with Crippen molar-refractivity contribution < 1.29 is 14.3 Å². The lowest BCUT2D eigenvalue weighted by Crippen LogP contribution is -2.34. The highest BCUT2D eigenvalue weighted by Crippen LogP contribution is 2.25. The molecule has 1 heterocycles. The number of ether oxygens (including phenoxy) is 1. The summed E-state index contributed by atoms with van der Waals surface area (Å²) in [6.07, 6.45) is 0.158. The van der Waals surface area contributed by atoms with Gasteiger partial charge in [-0.25, -0.2) is 4.68 Å². The number of nitrogens with one attached hydrogen (secondary N) is 2. The van der Waals surface area contributed by atoms with Crippen molar-refractivity contribution in [3.63, 3.8) is 0 Å². The summed E-state index contributed by atoms with van der Waals surface area (Å²) in [6, 6.07) is 15.3. The van der Waals surface area contributed by atoms with E-state index in [2.05, 4.69) is 15.7 Å². The van der Waals surface area contributed by atoms with Gasteiger partial charge in [0.2, 0.25) is 11.8 Å². The summed E-state index contributed by atoms with van der Waals surface area (Å²) in [5.41, 5.74) is 5.07. The first-order valence-corrected chi connectivity index (χ1v) is 9.70. The summed E-state index contributed by atoms with van der Waals surface area (Å²) in [4.78, 5) is 24.7. The van der Waals surface area contributed by atoms with Crippen LogP contribution in [0.25, 0.3) is 5.69 Å². The third kappa shape index (κ3) is 4.86. The second-order valence-corrected chi connectivity index (χ2v) is 7.10. The largest absolute Gasteiger partial charge is 0.495 e. The summed E-state index contributed by atoms with van der Waals surface area (Å²) in [6.45, 7) is 5.62. The molecule has 0 saturated heterocycles. The average molecular weight is 406 g/mol. The predicted octanol–water partition coefficient (Wildman–Crippen LogP) is 3.10. The number of rotatable bonds is 7. The van der Waals surface area contributed by atoms with Crippen LogP contribution in [0.1, 0.15) is 22.5 Å². The molecule has 2 amide bonds. The Bertz CT molecular complexity index is 1060. The summed E-state index contributed by atoms with van der Waals surface area (Å²) in [5, 5.41) is 10.0. The number of methoxy groups -OCH3 is 1. The van der Waals surface area contributed by atoms with E-state index >= 15 is 0 Å². The summed E-state index contributed by atoms with van der Waals surface area (Å²) >= 11 is 0. The lowest BCUT2D eigenvalue weighted by atomic mass is 10.1. The standard InChI is InChI=1S/C23H26N4O3/c1-15-10-11-21(30-4)20(12-15)25-23(29)14-24-22(28)13-19-16(2)26-27(17(19)3)18-8-6-5-7-9-18/h5-12H,13-14H2,1-4H3,(H,24,28)(H,25,29). The molecule has 0 bridgehead atoms. The smallest absolute Gasteiger partial charge is 0.243 e. The van der Waals surface area contributed by atoms with Crippen LogP contribution in [0.4, 0.5) is 5.69 Å². The fraction of sp³-hybridized carbons (Fsp3) is 0.261. The van der Waals surface area contributed by atoms with Gasteiger partial charge in [-0.15, -0.1) is 0 Å². The van der Waals surface area contributed by atoms with Gasteiger partial charge in [-0.1, -0.05) is 24.3 Å². The van der Waals surface area contributed by atoms with Crippen LogP contribution >= 0.6 is 0 Å². The van der Waals surface area contributed by atoms with Crippen LogP contribution in [0.15, 0.2) is 48.5 Å². The lowest BCUT2D eigenvalue weighted by molar-refractivity contribution is -0.123. The first kappa shape index (κ1) is 21.1. The van der Waals surface area contributed by atoms with E-state index in [0.717, 1.165) is 28.2 Å². The molecule has 30 heavy (non-hydrogen) atoms. The number of para-hydroxylation sites is 1. The molecule has 0 aliphatic carbocycles. The molecular formula is C23H26N4O3. The van der Waals surface area contributed by atoms with E-state index in [4.69, 9.17) is 4.74 Å². The van der Waals surface area contributed by atoms with Gasteiger partial charge < -0.3 is 15.4 Å². The number of hydrogen-bond donors (Lipinski definition) is 2. The number of benzene rings is 2. The van der Waals surface area contributed by atoms with Crippen LogP contribution in [-0.2, 0) is 16.0 Å². The number of amides is 2. The average Bonchev–Trinajstić information content (AvgIpc) is 3.01. The van der Waals surface area contributed by atoms with Gasteiger partial charge in [0.15, 0.2) is 0 Å². The van der Waals surface area contributed by atoms with Crippen LogP contribution in [0.2, 0.25) is 0 Å². The van der Waals surface area contributed by atoms with E-state index in [1.165, 1.54) is 0 Å². The van der Waals surface area contributed by atoms with Crippen molar-refractivity contribution in [3.8, 4) is 11.4 Å². The first-order chi connectivity index (χ1) is 14.4. The summed E-state index contributed by atoms with van der Waals surface area (Å²) in [5.74, 6) is 0.0145. The van der Waals surface area contributed by atoms with Crippen molar-refractivity contribution in [3.05, 3.63) is 71.0 Å². The van der Waals surface area contributed by atoms with Crippen molar-refractivity contribution in [1.82, 2.24) is 15.1 Å². The number of aromatic nitrogens is 2. The number of carbonyl (C=O) groups is 2. The number of anilines is 1. The Kier molecular flexibility index (Phi) is 6.51. The minimum atomic E-state index is -0.319. The molecule has 7 heteroatoms. The second kappa shape index (κ2) is 9.26. The topological polar surface area (TPSA) is 85.2 Å². The fourth-order valence-electron chi connectivity index (χ4n) is 3.27. The highest BCUT2D eigenvalue weighted by molar-refractivity contribution is 5.96. The van der Waals surface area contributed by atoms with E-state index in [9.17, 15) is 9.59 Å². The molecule has 0 atom stereocenters. The van der Waals surface area contributed by atoms with Crippen LogP contribution in [0.3, 0.4) is 0 Å². The van der Waals surface area contributed by atoms with Gasteiger partial charge >= 0.3 is 0 Å². The molecule has 2 N–H and O–H groups in total. The Morgan fingerprint density at radius 3 is 2.47 bits per heavy atom. The zero-order valence-corrected chi connectivity index (χ0v) is 17.7. The quantitative estimate of drug-likeness (QED) is 0.631. The highest BCUT2D eigenvalue weighted by Gasteiger charge is 2.16. The molecule has 0 unspecified atom stereocenters. The molecule has 1 aromatic heterocycles. The third-order valence-corrected chi connectivity index (χ3v) is 4.85.